The molecule has 0 bridgehead atoms. The zero-order valence-corrected chi connectivity index (χ0v) is 12.6. The summed E-state index contributed by atoms with van der Waals surface area (Å²) in [7, 11) is -2.42. The highest BCUT2D eigenvalue weighted by atomic mass is 32.2. The Morgan fingerprint density at radius 3 is 2.57 bits per heavy atom. The van der Waals surface area contributed by atoms with E-state index in [0.29, 0.717) is 6.42 Å². The normalized spacial score (nSPS) is 13.0. The minimum atomic E-state index is -3.86. The SMILES string of the molecule is COCCNS(=O)(=O)N[C@@H](CCc1ccccc1)C(=O)O. The van der Waals surface area contributed by atoms with E-state index in [1.54, 1.807) is 0 Å². The quantitative estimate of drug-likeness (QED) is 0.533. The Balaban J connectivity index is 2.55. The Bertz CT molecular complexity index is 533. The molecule has 0 aliphatic rings. The zero-order chi connectivity index (χ0) is 15.7. The first-order valence-corrected chi connectivity index (χ1v) is 7.95. The third-order valence-corrected chi connectivity index (χ3v) is 3.94. The van der Waals surface area contributed by atoms with Crippen LogP contribution in [0.5, 0.6) is 0 Å². The number of aliphatic carboxylic acids is 1. The van der Waals surface area contributed by atoms with Crippen molar-refractivity contribution in [3.8, 4) is 0 Å². The molecular formula is C13H20N2O5S. The summed E-state index contributed by atoms with van der Waals surface area (Å²) in [4.78, 5) is 11.1. The summed E-state index contributed by atoms with van der Waals surface area (Å²) in [6, 6.07) is 8.11. The molecule has 21 heavy (non-hydrogen) atoms. The van der Waals surface area contributed by atoms with Crippen LogP contribution in [0.25, 0.3) is 0 Å². The molecule has 0 spiro atoms. The first-order valence-electron chi connectivity index (χ1n) is 6.47. The lowest BCUT2D eigenvalue weighted by Crippen LogP contribution is -2.47. The van der Waals surface area contributed by atoms with Crippen LogP contribution in [0.3, 0.4) is 0 Å². The average molecular weight is 316 g/mol. The second-order valence-electron chi connectivity index (χ2n) is 4.42. The Morgan fingerprint density at radius 1 is 1.33 bits per heavy atom. The standard InChI is InChI=1S/C13H20N2O5S/c1-20-10-9-14-21(18,19)15-12(13(16)17)8-7-11-5-3-2-4-6-11/h2-6,12,14-15H,7-10H2,1H3,(H,16,17)/t12-/m0/s1. The minimum absolute atomic E-state index is 0.0802. The fraction of sp³-hybridized carbons (Fsp3) is 0.462. The molecule has 0 heterocycles. The van der Waals surface area contributed by atoms with E-state index in [1.807, 2.05) is 30.3 Å². The predicted octanol–water partition coefficient (Wildman–Crippen LogP) is 0.143. The minimum Gasteiger partial charge on any atom is -0.480 e. The van der Waals surface area contributed by atoms with Gasteiger partial charge in [-0.15, -0.1) is 0 Å². The Labute approximate surface area is 124 Å². The van der Waals surface area contributed by atoms with Gasteiger partial charge in [-0.2, -0.15) is 17.9 Å². The van der Waals surface area contributed by atoms with E-state index in [0.717, 1.165) is 5.56 Å². The van der Waals surface area contributed by atoms with Crippen LogP contribution in [0.4, 0.5) is 0 Å². The van der Waals surface area contributed by atoms with Gasteiger partial charge in [0.2, 0.25) is 0 Å². The van der Waals surface area contributed by atoms with Crippen LogP contribution in [0.1, 0.15) is 12.0 Å². The largest absolute Gasteiger partial charge is 0.480 e. The van der Waals surface area contributed by atoms with Gasteiger partial charge in [0.1, 0.15) is 6.04 Å². The monoisotopic (exact) mass is 316 g/mol. The van der Waals surface area contributed by atoms with Crippen molar-refractivity contribution >= 4 is 16.2 Å². The van der Waals surface area contributed by atoms with Gasteiger partial charge in [-0.1, -0.05) is 30.3 Å². The molecule has 0 saturated heterocycles. The van der Waals surface area contributed by atoms with Crippen molar-refractivity contribution < 1.29 is 23.1 Å². The molecule has 0 unspecified atom stereocenters. The van der Waals surface area contributed by atoms with Crippen LogP contribution in [0.15, 0.2) is 30.3 Å². The Morgan fingerprint density at radius 2 is 2.00 bits per heavy atom. The van der Waals surface area contributed by atoms with E-state index in [4.69, 9.17) is 9.84 Å². The molecule has 8 heteroatoms. The highest BCUT2D eigenvalue weighted by Gasteiger charge is 2.23. The van der Waals surface area contributed by atoms with E-state index in [9.17, 15) is 13.2 Å². The van der Waals surface area contributed by atoms with Crippen LogP contribution >= 0.6 is 0 Å². The summed E-state index contributed by atoms with van der Waals surface area (Å²) < 4.78 is 32.4. The Kier molecular flexibility index (Phi) is 7.30. The molecule has 0 aromatic heterocycles. The topological polar surface area (TPSA) is 105 Å². The van der Waals surface area contributed by atoms with Gasteiger partial charge < -0.3 is 9.84 Å². The summed E-state index contributed by atoms with van der Waals surface area (Å²) in [6.07, 6.45) is 0.642. The van der Waals surface area contributed by atoms with Crippen molar-refractivity contribution in [2.24, 2.45) is 0 Å². The number of rotatable bonds is 10. The first-order chi connectivity index (χ1) is 9.94. The van der Waals surface area contributed by atoms with Crippen molar-refractivity contribution in [2.75, 3.05) is 20.3 Å². The van der Waals surface area contributed by atoms with Crippen molar-refractivity contribution in [1.29, 1.82) is 0 Å². The molecule has 118 valence electrons. The van der Waals surface area contributed by atoms with Gasteiger partial charge in [0, 0.05) is 13.7 Å². The third-order valence-electron chi connectivity index (χ3n) is 2.76. The molecule has 1 atom stereocenters. The molecule has 1 aromatic carbocycles. The second-order valence-corrected chi connectivity index (χ2v) is 5.95. The molecule has 1 rings (SSSR count). The summed E-state index contributed by atoms with van der Waals surface area (Å²) >= 11 is 0. The van der Waals surface area contributed by atoms with E-state index in [1.165, 1.54) is 7.11 Å². The number of carbonyl (C=O) groups is 1. The van der Waals surface area contributed by atoms with Crippen LogP contribution < -0.4 is 9.44 Å². The molecule has 0 amide bonds. The van der Waals surface area contributed by atoms with Gasteiger partial charge >= 0.3 is 5.97 Å². The number of carboxylic acid groups (broad SMARTS) is 1. The second kappa shape index (κ2) is 8.73. The first kappa shape index (κ1) is 17.6. The molecule has 0 aliphatic heterocycles. The number of nitrogens with one attached hydrogen (secondary N) is 2. The highest BCUT2D eigenvalue weighted by molar-refractivity contribution is 7.87. The lowest BCUT2D eigenvalue weighted by atomic mass is 10.1. The van der Waals surface area contributed by atoms with Crippen molar-refractivity contribution in [2.45, 2.75) is 18.9 Å². The fourth-order valence-corrected chi connectivity index (χ4v) is 2.72. The third kappa shape index (κ3) is 7.19. The molecule has 7 nitrogen and oxygen atoms in total. The highest BCUT2D eigenvalue weighted by Crippen LogP contribution is 2.06. The van der Waals surface area contributed by atoms with Crippen molar-refractivity contribution in [3.63, 3.8) is 0 Å². The number of ether oxygens (including phenoxy) is 1. The van der Waals surface area contributed by atoms with Crippen LogP contribution in [0, 0.1) is 0 Å². The summed E-state index contributed by atoms with van der Waals surface area (Å²) in [5, 5.41) is 9.11. The lowest BCUT2D eigenvalue weighted by Gasteiger charge is -2.15. The van der Waals surface area contributed by atoms with E-state index >= 15 is 0 Å². The fourth-order valence-electron chi connectivity index (χ4n) is 1.70. The molecule has 1 aromatic rings. The molecule has 0 saturated carbocycles. The molecule has 3 N–H and O–H groups in total. The summed E-state index contributed by atoms with van der Waals surface area (Å²) in [6.45, 7) is 0.291. The van der Waals surface area contributed by atoms with Gasteiger partial charge in [0.15, 0.2) is 0 Å². The van der Waals surface area contributed by atoms with E-state index in [2.05, 4.69) is 9.44 Å². The predicted molar refractivity (Wildman–Crippen MR) is 78.1 cm³/mol. The summed E-state index contributed by atoms with van der Waals surface area (Å²) in [5.74, 6) is -1.21. The molecular weight excluding hydrogens is 296 g/mol. The maximum absolute atomic E-state index is 11.7. The van der Waals surface area contributed by atoms with Crippen LogP contribution in [-0.4, -0.2) is 45.8 Å². The zero-order valence-electron chi connectivity index (χ0n) is 11.8. The molecule has 0 aliphatic carbocycles. The number of benzene rings is 1. The van der Waals surface area contributed by atoms with Gasteiger partial charge in [-0.3, -0.25) is 4.79 Å². The molecule has 0 radical (unpaired) electrons. The number of hydrogen-bond acceptors (Lipinski definition) is 4. The van der Waals surface area contributed by atoms with Crippen LogP contribution in [-0.2, 0) is 26.2 Å². The smallest absolute Gasteiger partial charge is 0.321 e. The maximum Gasteiger partial charge on any atom is 0.321 e. The van der Waals surface area contributed by atoms with E-state index in [-0.39, 0.29) is 19.6 Å². The number of hydrogen-bond donors (Lipinski definition) is 3. The van der Waals surface area contributed by atoms with Gasteiger partial charge in [-0.25, -0.2) is 0 Å². The summed E-state index contributed by atoms with van der Waals surface area (Å²) in [5.41, 5.74) is 0.954. The van der Waals surface area contributed by atoms with Crippen molar-refractivity contribution in [1.82, 2.24) is 9.44 Å². The van der Waals surface area contributed by atoms with Gasteiger partial charge in [-0.05, 0) is 18.4 Å². The molecule has 0 fully saturated rings. The number of carboxylic acids is 1. The van der Waals surface area contributed by atoms with Gasteiger partial charge in [0.05, 0.1) is 6.61 Å². The maximum atomic E-state index is 11.7. The average Bonchev–Trinajstić information content (AvgIpc) is 2.44. The Hall–Kier alpha value is -1.48. The lowest BCUT2D eigenvalue weighted by molar-refractivity contribution is -0.139. The van der Waals surface area contributed by atoms with E-state index < -0.39 is 22.2 Å². The van der Waals surface area contributed by atoms with Crippen LogP contribution in [0.2, 0.25) is 0 Å². The van der Waals surface area contributed by atoms with Gasteiger partial charge in [0.25, 0.3) is 10.2 Å². The number of aryl methyl sites for hydroxylation is 1. The van der Waals surface area contributed by atoms with Crippen molar-refractivity contribution in [3.05, 3.63) is 35.9 Å². The number of methoxy groups -OCH3 is 1.